The Morgan fingerprint density at radius 2 is 1.72 bits per heavy atom. The molecule has 0 saturated carbocycles. The zero-order valence-corrected chi connectivity index (χ0v) is 19.1. The van der Waals surface area contributed by atoms with Crippen LogP contribution in [-0.2, 0) is 0 Å². The first-order valence-electron chi connectivity index (χ1n) is 11.9. The number of benzene rings is 2. The van der Waals surface area contributed by atoms with Gasteiger partial charge in [-0.1, -0.05) is 17.7 Å². The summed E-state index contributed by atoms with van der Waals surface area (Å²) in [7, 11) is 0. The first-order valence-corrected chi connectivity index (χ1v) is 11.9. The number of nitrogens with one attached hydrogen (secondary N) is 1. The Balaban J connectivity index is 1.16. The van der Waals surface area contributed by atoms with Crippen molar-refractivity contribution in [2.45, 2.75) is 51.5 Å². The van der Waals surface area contributed by atoms with Gasteiger partial charge in [0.05, 0.1) is 0 Å². The van der Waals surface area contributed by atoms with E-state index < -0.39 is 0 Å². The second-order valence-corrected chi connectivity index (χ2v) is 9.63. The lowest BCUT2D eigenvalue weighted by Gasteiger charge is -2.42. The van der Waals surface area contributed by atoms with Crippen LogP contribution in [-0.4, -0.2) is 58.0 Å². The lowest BCUT2D eigenvalue weighted by atomic mass is 9.87. The van der Waals surface area contributed by atoms with Crippen LogP contribution in [0.25, 0.3) is 10.9 Å². The molecule has 2 fully saturated rings. The molecule has 1 amide bonds. The number of amides is 1. The van der Waals surface area contributed by atoms with E-state index in [0.29, 0.717) is 17.5 Å². The molecule has 2 aromatic carbocycles. The van der Waals surface area contributed by atoms with E-state index in [1.807, 2.05) is 24.0 Å². The Kier molecular flexibility index (Phi) is 5.68. The number of nitrogens with zero attached hydrogens (tertiary/aromatic N) is 2. The highest BCUT2D eigenvalue weighted by atomic mass is 16.3. The maximum absolute atomic E-state index is 12.8. The molecule has 168 valence electrons. The molecule has 2 aliphatic rings. The van der Waals surface area contributed by atoms with Crippen LogP contribution >= 0.6 is 0 Å². The van der Waals surface area contributed by atoms with Crippen molar-refractivity contribution >= 4 is 16.8 Å². The predicted octanol–water partition coefficient (Wildman–Crippen LogP) is 4.97. The first-order chi connectivity index (χ1) is 15.5. The third-order valence-corrected chi connectivity index (χ3v) is 7.56. The van der Waals surface area contributed by atoms with Gasteiger partial charge in [-0.05, 0) is 93.9 Å². The molecule has 5 rings (SSSR count). The standard InChI is InChI=1S/C27H33N3O2/c1-18-3-6-25-23(15-18)24(17-28-25)20-7-11-29(12-8-20)22-9-13-30(14-10-22)27(32)21-5-4-19(2)26(31)16-21/h3-6,15-17,20,22,28,31H,7-14H2,1-2H3. The zero-order valence-electron chi connectivity index (χ0n) is 19.1. The van der Waals surface area contributed by atoms with Crippen LogP contribution in [0.5, 0.6) is 5.75 Å². The fourth-order valence-electron chi connectivity index (χ4n) is 5.53. The summed E-state index contributed by atoms with van der Waals surface area (Å²) in [4.78, 5) is 20.9. The second kappa shape index (κ2) is 8.62. The summed E-state index contributed by atoms with van der Waals surface area (Å²) >= 11 is 0. The van der Waals surface area contributed by atoms with E-state index in [0.717, 1.165) is 44.6 Å². The van der Waals surface area contributed by atoms with Gasteiger partial charge in [0.15, 0.2) is 0 Å². The number of aromatic amines is 1. The maximum Gasteiger partial charge on any atom is 0.253 e. The van der Waals surface area contributed by atoms with Crippen LogP contribution in [0.15, 0.2) is 42.6 Å². The predicted molar refractivity (Wildman–Crippen MR) is 128 cm³/mol. The average Bonchev–Trinajstić information content (AvgIpc) is 3.23. The third-order valence-electron chi connectivity index (χ3n) is 7.56. The molecule has 1 aromatic heterocycles. The number of aryl methyl sites for hydroxylation is 2. The molecule has 5 nitrogen and oxygen atoms in total. The largest absolute Gasteiger partial charge is 0.508 e. The minimum atomic E-state index is 0.0343. The quantitative estimate of drug-likeness (QED) is 0.615. The number of likely N-dealkylation sites (tertiary alicyclic amines) is 2. The van der Waals surface area contributed by atoms with Gasteiger partial charge in [-0.25, -0.2) is 0 Å². The number of rotatable bonds is 3. The second-order valence-electron chi connectivity index (χ2n) is 9.63. The van der Waals surface area contributed by atoms with Gasteiger partial charge in [-0.15, -0.1) is 0 Å². The van der Waals surface area contributed by atoms with Gasteiger partial charge >= 0.3 is 0 Å². The van der Waals surface area contributed by atoms with Gasteiger partial charge in [0, 0.05) is 41.8 Å². The molecule has 0 bridgehead atoms. The normalized spacial score (nSPS) is 19.0. The first kappa shape index (κ1) is 21.1. The Morgan fingerprint density at radius 1 is 0.969 bits per heavy atom. The minimum absolute atomic E-state index is 0.0343. The number of aromatic nitrogens is 1. The number of H-pyrrole nitrogens is 1. The molecule has 0 radical (unpaired) electrons. The van der Waals surface area contributed by atoms with Crippen molar-refractivity contribution in [3.63, 3.8) is 0 Å². The summed E-state index contributed by atoms with van der Waals surface area (Å²) in [6.07, 6.45) is 6.67. The molecule has 2 saturated heterocycles. The van der Waals surface area contributed by atoms with Crippen molar-refractivity contribution in [3.05, 3.63) is 64.8 Å². The van der Waals surface area contributed by atoms with Crippen LogP contribution in [0, 0.1) is 13.8 Å². The smallest absolute Gasteiger partial charge is 0.253 e. The van der Waals surface area contributed by atoms with Crippen LogP contribution in [0.4, 0.5) is 0 Å². The highest BCUT2D eigenvalue weighted by molar-refractivity contribution is 5.94. The van der Waals surface area contributed by atoms with E-state index >= 15 is 0 Å². The highest BCUT2D eigenvalue weighted by Gasteiger charge is 2.31. The topological polar surface area (TPSA) is 59.6 Å². The van der Waals surface area contributed by atoms with E-state index in [2.05, 4.69) is 41.2 Å². The number of phenolic OH excluding ortho intramolecular Hbond substituents is 1. The Morgan fingerprint density at radius 3 is 2.44 bits per heavy atom. The summed E-state index contributed by atoms with van der Waals surface area (Å²) in [5.74, 6) is 0.851. The van der Waals surface area contributed by atoms with Gasteiger partial charge in [-0.2, -0.15) is 0 Å². The molecule has 32 heavy (non-hydrogen) atoms. The zero-order chi connectivity index (χ0) is 22.2. The third kappa shape index (κ3) is 4.02. The monoisotopic (exact) mass is 431 g/mol. The van der Waals surface area contributed by atoms with E-state index in [-0.39, 0.29) is 11.7 Å². The van der Waals surface area contributed by atoms with Crippen molar-refractivity contribution < 1.29 is 9.90 Å². The summed E-state index contributed by atoms with van der Waals surface area (Å²) < 4.78 is 0. The highest BCUT2D eigenvalue weighted by Crippen LogP contribution is 2.35. The van der Waals surface area contributed by atoms with Crippen molar-refractivity contribution in [2.75, 3.05) is 26.2 Å². The molecule has 0 unspecified atom stereocenters. The number of aromatic hydroxyl groups is 1. The Hall–Kier alpha value is -2.79. The number of piperidine rings is 2. The molecule has 3 aromatic rings. The van der Waals surface area contributed by atoms with E-state index in [1.54, 1.807) is 6.07 Å². The number of phenols is 1. The summed E-state index contributed by atoms with van der Waals surface area (Å²) in [5.41, 5.74) is 5.42. The SMILES string of the molecule is Cc1ccc2[nH]cc(C3CCN(C4CCN(C(=O)c5ccc(C)c(O)c5)CC4)CC3)c2c1. The molecular formula is C27H33N3O2. The number of carbonyl (C=O) groups excluding carboxylic acids is 1. The minimum Gasteiger partial charge on any atom is -0.508 e. The van der Waals surface area contributed by atoms with Crippen molar-refractivity contribution in [1.82, 2.24) is 14.8 Å². The fourth-order valence-corrected chi connectivity index (χ4v) is 5.53. The van der Waals surface area contributed by atoms with Gasteiger partial charge in [0.1, 0.15) is 5.75 Å². The molecule has 5 heteroatoms. The van der Waals surface area contributed by atoms with E-state index in [1.165, 1.54) is 34.9 Å². The van der Waals surface area contributed by atoms with Gasteiger partial charge in [0.25, 0.3) is 5.91 Å². The van der Waals surface area contributed by atoms with Gasteiger partial charge < -0.3 is 19.9 Å². The van der Waals surface area contributed by atoms with Crippen molar-refractivity contribution in [2.24, 2.45) is 0 Å². The molecular weight excluding hydrogens is 398 g/mol. The van der Waals surface area contributed by atoms with E-state index in [4.69, 9.17) is 0 Å². The number of fused-ring (bicyclic) bond motifs is 1. The summed E-state index contributed by atoms with van der Waals surface area (Å²) in [5, 5.41) is 11.3. The van der Waals surface area contributed by atoms with Gasteiger partial charge in [0.2, 0.25) is 0 Å². The lowest BCUT2D eigenvalue weighted by molar-refractivity contribution is 0.0578. The molecule has 2 N–H and O–H groups in total. The lowest BCUT2D eigenvalue weighted by Crippen LogP contribution is -2.48. The van der Waals surface area contributed by atoms with Crippen LogP contribution in [0.3, 0.4) is 0 Å². The Bertz CT molecular complexity index is 1120. The molecule has 0 spiro atoms. The van der Waals surface area contributed by atoms with Gasteiger partial charge in [-0.3, -0.25) is 4.79 Å². The fraction of sp³-hybridized carbons (Fsp3) is 0.444. The van der Waals surface area contributed by atoms with Crippen LogP contribution in [0.1, 0.15) is 58.6 Å². The van der Waals surface area contributed by atoms with Crippen molar-refractivity contribution in [1.29, 1.82) is 0 Å². The number of hydrogen-bond donors (Lipinski definition) is 2. The molecule has 2 aliphatic heterocycles. The van der Waals surface area contributed by atoms with E-state index in [9.17, 15) is 9.90 Å². The van der Waals surface area contributed by atoms with Crippen molar-refractivity contribution in [3.8, 4) is 5.75 Å². The Labute approximate surface area is 190 Å². The number of hydrogen-bond acceptors (Lipinski definition) is 3. The average molecular weight is 432 g/mol. The summed E-state index contributed by atoms with van der Waals surface area (Å²) in [6.45, 7) is 7.86. The van der Waals surface area contributed by atoms with Crippen LogP contribution in [0.2, 0.25) is 0 Å². The molecule has 3 heterocycles. The summed E-state index contributed by atoms with van der Waals surface area (Å²) in [6, 6.07) is 12.5. The molecule has 0 atom stereocenters. The maximum atomic E-state index is 12.8. The number of carbonyl (C=O) groups is 1. The van der Waals surface area contributed by atoms with Crippen LogP contribution < -0.4 is 0 Å². The molecule has 0 aliphatic carbocycles.